The van der Waals surface area contributed by atoms with E-state index in [0.29, 0.717) is 17.2 Å². The number of carbonyl (C=O) groups excluding carboxylic acids is 1. The fourth-order valence-corrected chi connectivity index (χ4v) is 0.622. The summed E-state index contributed by atoms with van der Waals surface area (Å²) in [5.41, 5.74) is 0.399. The second-order valence-corrected chi connectivity index (χ2v) is 2.83. The summed E-state index contributed by atoms with van der Waals surface area (Å²) in [6.45, 7) is 5.84. The van der Waals surface area contributed by atoms with Crippen LogP contribution in [0, 0.1) is 0 Å². The van der Waals surface area contributed by atoms with Gasteiger partial charge in [0.15, 0.2) is 5.11 Å². The number of ether oxygens (including phenoxy) is 1. The van der Waals surface area contributed by atoms with Gasteiger partial charge in [-0.25, -0.2) is 4.79 Å². The Morgan fingerprint density at radius 3 is 2.69 bits per heavy atom. The Labute approximate surface area is 83.3 Å². The largest absolute Gasteiger partial charge is 0.460 e. The number of thiocarbonyl (C=S) groups is 1. The monoisotopic (exact) mass is 202 g/mol. The molecule has 5 heteroatoms. The fraction of sp³-hybridized carbons (Fsp3) is 0.500. The number of esters is 1. The molecule has 0 bridgehead atoms. The van der Waals surface area contributed by atoms with Crippen molar-refractivity contribution in [3.8, 4) is 0 Å². The van der Waals surface area contributed by atoms with Crippen molar-refractivity contribution in [1.82, 2.24) is 10.6 Å². The summed E-state index contributed by atoms with van der Waals surface area (Å²) in [5, 5.41) is 6.11. The van der Waals surface area contributed by atoms with Crippen molar-refractivity contribution in [1.29, 1.82) is 0 Å². The van der Waals surface area contributed by atoms with Crippen LogP contribution in [0.25, 0.3) is 0 Å². The highest BCUT2D eigenvalue weighted by Crippen LogP contribution is 1.90. The molecule has 0 spiro atoms. The van der Waals surface area contributed by atoms with Gasteiger partial charge in [0.25, 0.3) is 0 Å². The molecule has 2 N–H and O–H groups in total. The minimum atomic E-state index is -0.378. The van der Waals surface area contributed by atoms with E-state index in [2.05, 4.69) is 17.2 Å². The van der Waals surface area contributed by atoms with Crippen molar-refractivity contribution in [2.45, 2.75) is 6.92 Å². The Morgan fingerprint density at radius 2 is 2.23 bits per heavy atom. The van der Waals surface area contributed by atoms with Gasteiger partial charge in [-0.15, -0.1) is 0 Å². The quantitative estimate of drug-likeness (QED) is 0.295. The van der Waals surface area contributed by atoms with Crippen LogP contribution in [0.15, 0.2) is 12.2 Å². The van der Waals surface area contributed by atoms with E-state index in [1.54, 1.807) is 14.0 Å². The second kappa shape index (κ2) is 6.42. The van der Waals surface area contributed by atoms with Crippen LogP contribution >= 0.6 is 12.2 Å². The van der Waals surface area contributed by atoms with Gasteiger partial charge in [-0.3, -0.25) is 0 Å². The molecule has 0 saturated carbocycles. The normalized spacial score (nSPS) is 8.77. The van der Waals surface area contributed by atoms with E-state index in [1.165, 1.54) is 0 Å². The minimum Gasteiger partial charge on any atom is -0.460 e. The third kappa shape index (κ3) is 6.10. The summed E-state index contributed by atoms with van der Waals surface area (Å²) in [7, 11) is 1.72. The Morgan fingerprint density at radius 1 is 1.62 bits per heavy atom. The van der Waals surface area contributed by atoms with Gasteiger partial charge < -0.3 is 15.4 Å². The van der Waals surface area contributed by atoms with Crippen LogP contribution in [0.2, 0.25) is 0 Å². The molecule has 0 aliphatic heterocycles. The van der Waals surface area contributed by atoms with Gasteiger partial charge in [0, 0.05) is 12.6 Å². The number of carbonyl (C=O) groups is 1. The molecule has 0 aromatic rings. The Kier molecular flexibility index (Phi) is 5.88. The van der Waals surface area contributed by atoms with Crippen LogP contribution in [-0.4, -0.2) is 31.3 Å². The van der Waals surface area contributed by atoms with Crippen LogP contribution < -0.4 is 10.6 Å². The molecule has 0 aliphatic carbocycles. The van der Waals surface area contributed by atoms with E-state index in [-0.39, 0.29) is 12.6 Å². The number of hydrogen-bond acceptors (Lipinski definition) is 3. The zero-order valence-corrected chi connectivity index (χ0v) is 8.66. The van der Waals surface area contributed by atoms with Gasteiger partial charge in [0.1, 0.15) is 6.61 Å². The molecule has 13 heavy (non-hydrogen) atoms. The molecule has 4 nitrogen and oxygen atoms in total. The lowest BCUT2D eigenvalue weighted by atomic mass is 10.4. The van der Waals surface area contributed by atoms with E-state index in [4.69, 9.17) is 17.0 Å². The highest BCUT2D eigenvalue weighted by molar-refractivity contribution is 7.80. The van der Waals surface area contributed by atoms with Crippen LogP contribution in [0.4, 0.5) is 0 Å². The first-order chi connectivity index (χ1) is 6.07. The third-order valence-corrected chi connectivity index (χ3v) is 1.54. The van der Waals surface area contributed by atoms with E-state index in [0.717, 1.165) is 0 Å². The first-order valence-corrected chi connectivity index (χ1v) is 4.27. The van der Waals surface area contributed by atoms with Crippen molar-refractivity contribution < 1.29 is 9.53 Å². The fourth-order valence-electron chi connectivity index (χ4n) is 0.520. The number of rotatable bonds is 4. The molecule has 0 heterocycles. The van der Waals surface area contributed by atoms with Crippen molar-refractivity contribution in [3.05, 3.63) is 12.2 Å². The van der Waals surface area contributed by atoms with Crippen molar-refractivity contribution in [2.24, 2.45) is 0 Å². The lowest BCUT2D eigenvalue weighted by Crippen LogP contribution is -2.35. The Balaban J connectivity index is 3.41. The predicted octanol–water partition coefficient (Wildman–Crippen LogP) is 0.200. The highest BCUT2D eigenvalue weighted by atomic mass is 32.1. The summed E-state index contributed by atoms with van der Waals surface area (Å²) in [5.74, 6) is -0.378. The van der Waals surface area contributed by atoms with Gasteiger partial charge in [-0.2, -0.15) is 0 Å². The Hall–Kier alpha value is -1.10. The van der Waals surface area contributed by atoms with Crippen LogP contribution in [-0.2, 0) is 9.53 Å². The molecule has 0 unspecified atom stereocenters. The molecule has 0 amide bonds. The standard InChI is InChI=1S/C8H14N2O2S/c1-6(2)7(11)12-5-4-10-8(13)9-3/h1,4-5H2,2-3H3,(H2,9,10,13). The van der Waals surface area contributed by atoms with Crippen molar-refractivity contribution in [3.63, 3.8) is 0 Å². The maximum Gasteiger partial charge on any atom is 0.333 e. The summed E-state index contributed by atoms with van der Waals surface area (Å²) in [4.78, 5) is 10.9. The second-order valence-electron chi connectivity index (χ2n) is 2.42. The smallest absolute Gasteiger partial charge is 0.333 e. The van der Waals surface area contributed by atoms with Gasteiger partial charge >= 0.3 is 5.97 Å². The molecule has 0 atom stereocenters. The predicted molar refractivity (Wildman–Crippen MR) is 55.4 cm³/mol. The van der Waals surface area contributed by atoms with Crippen LogP contribution in [0.3, 0.4) is 0 Å². The molecular formula is C8H14N2O2S. The van der Waals surface area contributed by atoms with Gasteiger partial charge in [0.2, 0.25) is 0 Å². The summed E-state index contributed by atoms with van der Waals surface area (Å²) < 4.78 is 4.81. The molecular weight excluding hydrogens is 188 g/mol. The number of nitrogens with one attached hydrogen (secondary N) is 2. The summed E-state index contributed by atoms with van der Waals surface area (Å²) in [6.07, 6.45) is 0. The first kappa shape index (κ1) is 11.9. The molecule has 0 rings (SSSR count). The molecule has 0 fully saturated rings. The van der Waals surface area contributed by atoms with Crippen molar-refractivity contribution >= 4 is 23.3 Å². The molecule has 0 aliphatic rings. The average molecular weight is 202 g/mol. The topological polar surface area (TPSA) is 50.4 Å². The zero-order valence-electron chi connectivity index (χ0n) is 7.85. The third-order valence-electron chi connectivity index (χ3n) is 1.20. The lowest BCUT2D eigenvalue weighted by Gasteiger charge is -2.07. The van der Waals surface area contributed by atoms with Gasteiger partial charge in [0.05, 0.1) is 6.54 Å². The average Bonchev–Trinajstić information content (AvgIpc) is 2.11. The van der Waals surface area contributed by atoms with E-state index < -0.39 is 0 Å². The molecule has 0 aromatic carbocycles. The van der Waals surface area contributed by atoms with Gasteiger partial charge in [-0.1, -0.05) is 6.58 Å². The number of hydrogen-bond donors (Lipinski definition) is 2. The summed E-state index contributed by atoms with van der Waals surface area (Å²) >= 11 is 4.81. The molecule has 74 valence electrons. The molecule has 0 aromatic heterocycles. The Bertz CT molecular complexity index is 216. The first-order valence-electron chi connectivity index (χ1n) is 3.86. The maximum atomic E-state index is 10.9. The van der Waals surface area contributed by atoms with Crippen LogP contribution in [0.1, 0.15) is 6.92 Å². The van der Waals surface area contributed by atoms with E-state index in [1.807, 2.05) is 0 Å². The lowest BCUT2D eigenvalue weighted by molar-refractivity contribution is -0.138. The van der Waals surface area contributed by atoms with Gasteiger partial charge in [-0.05, 0) is 19.1 Å². The van der Waals surface area contributed by atoms with Crippen molar-refractivity contribution in [2.75, 3.05) is 20.2 Å². The minimum absolute atomic E-state index is 0.285. The zero-order chi connectivity index (χ0) is 10.3. The molecule has 0 radical (unpaired) electrons. The van der Waals surface area contributed by atoms with E-state index >= 15 is 0 Å². The highest BCUT2D eigenvalue weighted by Gasteiger charge is 2.01. The SMILES string of the molecule is C=C(C)C(=O)OCCNC(=S)NC. The maximum absolute atomic E-state index is 10.9. The van der Waals surface area contributed by atoms with E-state index in [9.17, 15) is 4.79 Å². The molecule has 0 saturated heterocycles. The van der Waals surface area contributed by atoms with Crippen LogP contribution in [0.5, 0.6) is 0 Å². The summed E-state index contributed by atoms with van der Waals surface area (Å²) in [6, 6.07) is 0.